The van der Waals surface area contributed by atoms with Gasteiger partial charge in [-0.15, -0.1) is 0 Å². The maximum Gasteiger partial charge on any atom is 0.269 e. The van der Waals surface area contributed by atoms with Crippen molar-refractivity contribution < 1.29 is 14.5 Å². The molecule has 188 valence electrons. The number of anilines is 1. The fourth-order valence-electron chi connectivity index (χ4n) is 7.11. The van der Waals surface area contributed by atoms with E-state index in [0.29, 0.717) is 12.1 Å². The van der Waals surface area contributed by atoms with Gasteiger partial charge in [-0.1, -0.05) is 59.7 Å². The van der Waals surface area contributed by atoms with Gasteiger partial charge in [-0.25, -0.2) is 0 Å². The van der Waals surface area contributed by atoms with Crippen molar-refractivity contribution in [3.63, 3.8) is 0 Å². The first-order chi connectivity index (χ1) is 17.7. The van der Waals surface area contributed by atoms with Crippen molar-refractivity contribution >= 4 is 23.1 Å². The van der Waals surface area contributed by atoms with Crippen molar-refractivity contribution in [3.05, 3.63) is 104 Å². The maximum atomic E-state index is 14.5. The van der Waals surface area contributed by atoms with Crippen LogP contribution >= 0.6 is 0 Å². The lowest BCUT2D eigenvalue weighted by molar-refractivity contribution is -0.384. The lowest BCUT2D eigenvalue weighted by Crippen LogP contribution is -2.52. The van der Waals surface area contributed by atoms with E-state index in [2.05, 4.69) is 22.3 Å². The first kappa shape index (κ1) is 23.6. The van der Waals surface area contributed by atoms with Crippen LogP contribution < -0.4 is 5.32 Å². The van der Waals surface area contributed by atoms with Crippen LogP contribution in [0.15, 0.2) is 60.7 Å². The van der Waals surface area contributed by atoms with Gasteiger partial charge in [0.05, 0.1) is 10.8 Å². The van der Waals surface area contributed by atoms with E-state index in [1.165, 1.54) is 12.1 Å². The van der Waals surface area contributed by atoms with E-state index in [9.17, 15) is 19.7 Å². The number of nitro groups is 1. The number of non-ortho nitro benzene ring substituents is 1. The Morgan fingerprint density at radius 3 is 2.41 bits per heavy atom. The summed E-state index contributed by atoms with van der Waals surface area (Å²) in [6.45, 7) is 6.70. The van der Waals surface area contributed by atoms with Gasteiger partial charge in [-0.3, -0.25) is 24.6 Å². The third-order valence-corrected chi connectivity index (χ3v) is 8.56. The van der Waals surface area contributed by atoms with Crippen LogP contribution in [0, 0.1) is 36.8 Å². The Labute approximate surface area is 215 Å². The zero-order valence-electron chi connectivity index (χ0n) is 21.2. The monoisotopic (exact) mass is 495 g/mol. The summed E-state index contributed by atoms with van der Waals surface area (Å²) >= 11 is 0. The van der Waals surface area contributed by atoms with Crippen molar-refractivity contribution in [2.75, 3.05) is 11.9 Å². The van der Waals surface area contributed by atoms with Gasteiger partial charge in [0.25, 0.3) is 5.69 Å². The number of nitrogens with one attached hydrogen (secondary N) is 1. The minimum absolute atomic E-state index is 0.0105. The molecule has 2 fully saturated rings. The molecule has 1 spiro atoms. The summed E-state index contributed by atoms with van der Waals surface area (Å²) in [6.07, 6.45) is 1.78. The molecule has 4 atom stereocenters. The van der Waals surface area contributed by atoms with E-state index in [-0.39, 0.29) is 29.3 Å². The summed E-state index contributed by atoms with van der Waals surface area (Å²) in [5.74, 6) is -1.18. The topological polar surface area (TPSA) is 92.5 Å². The Kier molecular flexibility index (Phi) is 5.31. The summed E-state index contributed by atoms with van der Waals surface area (Å²) in [4.78, 5) is 41.9. The van der Waals surface area contributed by atoms with Crippen molar-refractivity contribution in [1.29, 1.82) is 0 Å². The number of aryl methyl sites for hydroxylation is 3. The molecule has 3 aliphatic rings. The Morgan fingerprint density at radius 1 is 1.03 bits per heavy atom. The van der Waals surface area contributed by atoms with Gasteiger partial charge >= 0.3 is 0 Å². The lowest BCUT2D eigenvalue weighted by Gasteiger charge is -2.37. The van der Waals surface area contributed by atoms with E-state index in [1.54, 1.807) is 12.1 Å². The Morgan fingerprint density at radius 2 is 1.73 bits per heavy atom. The Balaban J connectivity index is 1.61. The van der Waals surface area contributed by atoms with Crippen LogP contribution in [0.1, 0.15) is 56.9 Å². The van der Waals surface area contributed by atoms with Crippen LogP contribution in [-0.4, -0.2) is 34.1 Å². The average molecular weight is 496 g/mol. The van der Waals surface area contributed by atoms with Gasteiger partial charge in [-0.05, 0) is 51.3 Å². The van der Waals surface area contributed by atoms with Crippen molar-refractivity contribution in [2.24, 2.45) is 5.92 Å². The molecule has 7 nitrogen and oxygen atoms in total. The van der Waals surface area contributed by atoms with Gasteiger partial charge in [-0.2, -0.15) is 0 Å². The predicted octanol–water partition coefficient (Wildman–Crippen LogP) is 5.43. The highest BCUT2D eigenvalue weighted by atomic mass is 16.6. The first-order valence-electron chi connectivity index (χ1n) is 12.8. The lowest BCUT2D eigenvalue weighted by atomic mass is 9.68. The molecule has 3 heterocycles. The molecule has 3 aromatic rings. The summed E-state index contributed by atoms with van der Waals surface area (Å²) in [6, 6.07) is 18.2. The molecule has 0 radical (unpaired) electrons. The van der Waals surface area contributed by atoms with Gasteiger partial charge < -0.3 is 5.32 Å². The summed E-state index contributed by atoms with van der Waals surface area (Å²) in [7, 11) is 0. The van der Waals surface area contributed by atoms with E-state index in [0.717, 1.165) is 46.3 Å². The van der Waals surface area contributed by atoms with E-state index < -0.39 is 16.4 Å². The minimum atomic E-state index is -1.14. The van der Waals surface area contributed by atoms with Crippen molar-refractivity contribution in [2.45, 2.75) is 51.1 Å². The summed E-state index contributed by atoms with van der Waals surface area (Å²) in [5.41, 5.74) is 5.06. The number of rotatable bonds is 4. The normalized spacial score (nSPS) is 26.2. The summed E-state index contributed by atoms with van der Waals surface area (Å²) in [5, 5.41) is 14.5. The van der Waals surface area contributed by atoms with Crippen molar-refractivity contribution in [1.82, 2.24) is 4.90 Å². The number of hydrogen-bond donors (Lipinski definition) is 1. The first-order valence-corrected chi connectivity index (χ1v) is 12.8. The number of carbonyl (C=O) groups excluding carboxylic acids is 2. The third-order valence-electron chi connectivity index (χ3n) is 8.56. The third kappa shape index (κ3) is 3.30. The molecule has 7 heteroatoms. The molecule has 0 bridgehead atoms. The molecule has 6 rings (SSSR count). The molecule has 0 aliphatic carbocycles. The molecular formula is C30H29N3O4. The zero-order chi connectivity index (χ0) is 26.1. The van der Waals surface area contributed by atoms with E-state index >= 15 is 0 Å². The van der Waals surface area contributed by atoms with Crippen LogP contribution in [0.2, 0.25) is 0 Å². The minimum Gasteiger partial charge on any atom is -0.324 e. The predicted molar refractivity (Wildman–Crippen MR) is 141 cm³/mol. The second kappa shape index (κ2) is 8.35. The average Bonchev–Trinajstić information content (AvgIpc) is 3.53. The largest absolute Gasteiger partial charge is 0.324 e. The fourth-order valence-corrected chi connectivity index (χ4v) is 7.11. The second-order valence-corrected chi connectivity index (χ2v) is 10.7. The highest BCUT2D eigenvalue weighted by Gasteiger charge is 2.69. The quantitative estimate of drug-likeness (QED) is 0.296. The zero-order valence-corrected chi connectivity index (χ0v) is 21.2. The number of nitro benzene ring substituents is 1. The SMILES string of the molecule is Cc1ccc(C(=O)C2C(c3ccc([N+](=O)[O-])cc3)C3CCCN3[C@@]23C(=O)Nc2c(C)cc(C)cc23)cc1. The molecule has 3 unspecified atom stereocenters. The number of nitrogens with zero attached hydrogens (tertiary/aromatic N) is 2. The van der Waals surface area contributed by atoms with Gasteiger partial charge in [0, 0.05) is 40.9 Å². The fraction of sp³-hybridized carbons (Fsp3) is 0.333. The molecule has 2 saturated heterocycles. The molecule has 0 aromatic heterocycles. The van der Waals surface area contributed by atoms with Crippen LogP contribution in [-0.2, 0) is 10.3 Å². The van der Waals surface area contributed by atoms with Crippen LogP contribution in [0.4, 0.5) is 11.4 Å². The molecular weight excluding hydrogens is 466 g/mol. The van der Waals surface area contributed by atoms with Crippen molar-refractivity contribution in [3.8, 4) is 0 Å². The second-order valence-electron chi connectivity index (χ2n) is 10.7. The standard InChI is InChI=1S/C30H29N3O4/c1-17-6-8-21(9-7-17)28(34)26-25(20-10-12-22(13-11-20)33(36)37)24-5-4-14-32(24)30(26)23-16-18(2)15-19(3)27(23)31-29(30)35/h6-13,15-16,24-26H,4-5,14H2,1-3H3,(H,31,35)/t24?,25?,26?,30-/m1/s1. The number of hydrogen-bond acceptors (Lipinski definition) is 5. The number of carbonyl (C=O) groups is 2. The van der Waals surface area contributed by atoms with E-state index in [4.69, 9.17) is 0 Å². The smallest absolute Gasteiger partial charge is 0.269 e. The molecule has 0 saturated carbocycles. The van der Waals surface area contributed by atoms with E-state index in [1.807, 2.05) is 45.0 Å². The highest BCUT2D eigenvalue weighted by molar-refractivity contribution is 6.13. The summed E-state index contributed by atoms with van der Waals surface area (Å²) < 4.78 is 0. The number of ketones is 1. The van der Waals surface area contributed by atoms with Crippen LogP contribution in [0.5, 0.6) is 0 Å². The van der Waals surface area contributed by atoms with Crippen LogP contribution in [0.25, 0.3) is 0 Å². The molecule has 3 aromatic carbocycles. The number of Topliss-reactive ketones (excluding diaryl/α,β-unsaturated/α-hetero) is 1. The Hall–Kier alpha value is -3.84. The van der Waals surface area contributed by atoms with Gasteiger partial charge in [0.1, 0.15) is 5.54 Å². The molecule has 37 heavy (non-hydrogen) atoms. The van der Waals surface area contributed by atoms with Gasteiger partial charge in [0.15, 0.2) is 5.78 Å². The molecule has 1 amide bonds. The molecule has 1 N–H and O–H groups in total. The Bertz CT molecular complexity index is 1450. The number of fused-ring (bicyclic) bond motifs is 4. The maximum absolute atomic E-state index is 14.5. The number of amides is 1. The molecule has 3 aliphatic heterocycles. The number of benzene rings is 3. The van der Waals surface area contributed by atoms with Gasteiger partial charge in [0.2, 0.25) is 5.91 Å². The van der Waals surface area contributed by atoms with Crippen LogP contribution in [0.3, 0.4) is 0 Å². The highest BCUT2D eigenvalue weighted by Crippen LogP contribution is 2.61.